The average Bonchev–Trinajstić information content (AvgIpc) is 2.62. The Morgan fingerprint density at radius 3 is 2.63 bits per heavy atom. The summed E-state index contributed by atoms with van der Waals surface area (Å²) in [7, 11) is 0. The van der Waals surface area contributed by atoms with E-state index in [2.05, 4.69) is 25.8 Å². The summed E-state index contributed by atoms with van der Waals surface area (Å²) in [4.78, 5) is 6.11. The molecule has 106 valence electrons. The fourth-order valence-corrected chi connectivity index (χ4v) is 3.04. The first kappa shape index (κ1) is 14.6. The molecule has 1 unspecified atom stereocenters. The second-order valence-electron chi connectivity index (χ2n) is 4.75. The van der Waals surface area contributed by atoms with Crippen molar-refractivity contribution in [2.24, 2.45) is 0 Å². The number of anilines is 1. The van der Waals surface area contributed by atoms with Crippen LogP contribution in [0.2, 0.25) is 0 Å². The SMILES string of the molecule is FC(F)(F)c1ccc(N2CCCCCC2CBr)nc1. The lowest BCUT2D eigenvalue weighted by atomic mass is 10.1. The van der Waals surface area contributed by atoms with E-state index in [1.807, 2.05) is 0 Å². The molecule has 0 bridgehead atoms. The van der Waals surface area contributed by atoms with Crippen LogP contribution in [0.1, 0.15) is 31.2 Å². The Balaban J connectivity index is 2.19. The zero-order chi connectivity index (χ0) is 13.9. The van der Waals surface area contributed by atoms with Crippen molar-refractivity contribution in [3.05, 3.63) is 23.9 Å². The van der Waals surface area contributed by atoms with Gasteiger partial charge in [0.15, 0.2) is 0 Å². The molecule has 0 aromatic carbocycles. The predicted molar refractivity (Wildman–Crippen MR) is 72.6 cm³/mol. The molecule has 0 N–H and O–H groups in total. The molecule has 6 heteroatoms. The van der Waals surface area contributed by atoms with Gasteiger partial charge in [0.25, 0.3) is 0 Å². The maximum absolute atomic E-state index is 12.5. The lowest BCUT2D eigenvalue weighted by molar-refractivity contribution is -0.137. The average molecular weight is 337 g/mol. The summed E-state index contributed by atoms with van der Waals surface area (Å²) in [6.45, 7) is 0.856. The van der Waals surface area contributed by atoms with Crippen LogP contribution in [0.4, 0.5) is 19.0 Å². The Bertz CT molecular complexity index is 405. The summed E-state index contributed by atoms with van der Waals surface area (Å²) in [5.74, 6) is 0.638. The topological polar surface area (TPSA) is 16.1 Å². The minimum atomic E-state index is -4.32. The van der Waals surface area contributed by atoms with E-state index >= 15 is 0 Å². The molecule has 1 aliphatic heterocycles. The number of alkyl halides is 4. The molecule has 1 atom stereocenters. The number of halogens is 4. The second kappa shape index (κ2) is 6.11. The second-order valence-corrected chi connectivity index (χ2v) is 5.40. The van der Waals surface area contributed by atoms with Crippen LogP contribution in [-0.2, 0) is 6.18 Å². The van der Waals surface area contributed by atoms with Gasteiger partial charge in [-0.05, 0) is 25.0 Å². The Morgan fingerprint density at radius 1 is 1.26 bits per heavy atom. The summed E-state index contributed by atoms with van der Waals surface area (Å²) in [6, 6.07) is 2.90. The molecule has 2 nitrogen and oxygen atoms in total. The smallest absolute Gasteiger partial charge is 0.353 e. The van der Waals surface area contributed by atoms with Crippen LogP contribution >= 0.6 is 15.9 Å². The van der Waals surface area contributed by atoms with Crippen molar-refractivity contribution in [1.82, 2.24) is 4.98 Å². The van der Waals surface area contributed by atoms with Crippen LogP contribution < -0.4 is 4.90 Å². The third-order valence-corrected chi connectivity index (χ3v) is 4.17. The zero-order valence-electron chi connectivity index (χ0n) is 10.5. The number of aromatic nitrogens is 1. The van der Waals surface area contributed by atoms with Crippen LogP contribution in [0.3, 0.4) is 0 Å². The molecule has 0 spiro atoms. The van der Waals surface area contributed by atoms with Gasteiger partial charge < -0.3 is 4.90 Å². The molecule has 1 aromatic heterocycles. The van der Waals surface area contributed by atoms with Gasteiger partial charge in [0.05, 0.1) is 5.56 Å². The van der Waals surface area contributed by atoms with Gasteiger partial charge in [0.2, 0.25) is 0 Å². The van der Waals surface area contributed by atoms with Crippen molar-refractivity contribution >= 4 is 21.7 Å². The highest BCUT2D eigenvalue weighted by Gasteiger charge is 2.31. The molecule has 1 aliphatic rings. The summed E-state index contributed by atoms with van der Waals surface area (Å²) < 4.78 is 37.5. The van der Waals surface area contributed by atoms with Gasteiger partial charge in [-0.1, -0.05) is 28.8 Å². The van der Waals surface area contributed by atoms with Crippen LogP contribution in [0.5, 0.6) is 0 Å². The fraction of sp³-hybridized carbons (Fsp3) is 0.615. The van der Waals surface area contributed by atoms with Gasteiger partial charge in [0.1, 0.15) is 5.82 Å². The molecule has 1 aromatic rings. The number of pyridine rings is 1. The number of nitrogens with zero attached hydrogens (tertiary/aromatic N) is 2. The summed E-state index contributed by atoms with van der Waals surface area (Å²) in [5.41, 5.74) is -0.693. The molecule has 0 amide bonds. The van der Waals surface area contributed by atoms with Crippen LogP contribution in [0.15, 0.2) is 18.3 Å². The minimum absolute atomic E-state index is 0.312. The van der Waals surface area contributed by atoms with E-state index in [-0.39, 0.29) is 0 Å². The van der Waals surface area contributed by atoms with Crippen molar-refractivity contribution in [3.63, 3.8) is 0 Å². The van der Waals surface area contributed by atoms with Gasteiger partial charge in [-0.15, -0.1) is 0 Å². The van der Waals surface area contributed by atoms with Gasteiger partial charge in [-0.25, -0.2) is 4.98 Å². The van der Waals surface area contributed by atoms with E-state index in [9.17, 15) is 13.2 Å². The third kappa shape index (κ3) is 3.61. The van der Waals surface area contributed by atoms with Crippen molar-refractivity contribution in [2.75, 3.05) is 16.8 Å². The molecule has 2 heterocycles. The molecular formula is C13H16BrF3N2. The van der Waals surface area contributed by atoms with Crippen LogP contribution in [0.25, 0.3) is 0 Å². The van der Waals surface area contributed by atoms with E-state index < -0.39 is 11.7 Å². The lowest BCUT2D eigenvalue weighted by Gasteiger charge is -2.29. The van der Waals surface area contributed by atoms with Gasteiger partial charge in [-0.3, -0.25) is 0 Å². The van der Waals surface area contributed by atoms with Gasteiger partial charge in [-0.2, -0.15) is 13.2 Å². The molecular weight excluding hydrogens is 321 g/mol. The van der Waals surface area contributed by atoms with Crippen molar-refractivity contribution in [3.8, 4) is 0 Å². The molecule has 0 radical (unpaired) electrons. The highest BCUT2D eigenvalue weighted by atomic mass is 79.9. The van der Waals surface area contributed by atoms with E-state index in [1.165, 1.54) is 12.5 Å². The highest BCUT2D eigenvalue weighted by Crippen LogP contribution is 2.30. The van der Waals surface area contributed by atoms with E-state index in [0.29, 0.717) is 11.9 Å². The Labute approximate surface area is 119 Å². The first-order valence-electron chi connectivity index (χ1n) is 6.38. The Kier molecular flexibility index (Phi) is 4.71. The quantitative estimate of drug-likeness (QED) is 0.751. The van der Waals surface area contributed by atoms with Gasteiger partial charge in [0, 0.05) is 24.1 Å². The highest BCUT2D eigenvalue weighted by molar-refractivity contribution is 9.09. The fourth-order valence-electron chi connectivity index (χ4n) is 2.36. The largest absolute Gasteiger partial charge is 0.417 e. The van der Waals surface area contributed by atoms with Crippen LogP contribution in [-0.4, -0.2) is 22.9 Å². The minimum Gasteiger partial charge on any atom is -0.353 e. The van der Waals surface area contributed by atoms with Crippen molar-refractivity contribution in [1.29, 1.82) is 0 Å². The van der Waals surface area contributed by atoms with Crippen molar-refractivity contribution < 1.29 is 13.2 Å². The van der Waals surface area contributed by atoms with Gasteiger partial charge >= 0.3 is 6.18 Å². The number of hydrogen-bond donors (Lipinski definition) is 0. The standard InChI is InChI=1S/C13H16BrF3N2/c14-8-11-4-2-1-3-7-19(11)12-6-5-10(9-18-12)13(15,16)17/h5-6,9,11H,1-4,7-8H2. The first-order valence-corrected chi connectivity index (χ1v) is 7.50. The van der Waals surface area contributed by atoms with Crippen molar-refractivity contribution in [2.45, 2.75) is 37.9 Å². The predicted octanol–water partition coefficient (Wildman–Crippen LogP) is 4.24. The van der Waals surface area contributed by atoms with Crippen LogP contribution in [0, 0.1) is 0 Å². The Hall–Kier alpha value is -0.780. The lowest BCUT2D eigenvalue weighted by Crippen LogP contribution is -2.36. The van der Waals surface area contributed by atoms with E-state index in [0.717, 1.165) is 43.4 Å². The summed E-state index contributed by atoms with van der Waals surface area (Å²) in [5, 5.41) is 0.815. The molecule has 2 rings (SSSR count). The monoisotopic (exact) mass is 336 g/mol. The summed E-state index contributed by atoms with van der Waals surface area (Å²) in [6.07, 6.45) is 1.04. The normalized spacial score (nSPS) is 21.3. The molecule has 1 fully saturated rings. The Morgan fingerprint density at radius 2 is 2.05 bits per heavy atom. The molecule has 0 saturated carbocycles. The third-order valence-electron chi connectivity index (χ3n) is 3.42. The summed E-state index contributed by atoms with van der Waals surface area (Å²) >= 11 is 3.48. The zero-order valence-corrected chi connectivity index (χ0v) is 12.0. The molecule has 1 saturated heterocycles. The van der Waals surface area contributed by atoms with E-state index in [1.54, 1.807) is 0 Å². The number of hydrogen-bond acceptors (Lipinski definition) is 2. The molecule has 0 aliphatic carbocycles. The van der Waals surface area contributed by atoms with E-state index in [4.69, 9.17) is 0 Å². The molecule has 19 heavy (non-hydrogen) atoms. The maximum atomic E-state index is 12.5. The first-order chi connectivity index (χ1) is 9.02. The maximum Gasteiger partial charge on any atom is 0.417 e. The number of rotatable bonds is 2.